The van der Waals surface area contributed by atoms with E-state index in [1.807, 2.05) is 97.1 Å². The molecule has 98 heavy (non-hydrogen) atoms. The Kier molecular flexibility index (Phi) is 18.1. The topological polar surface area (TPSA) is 74.3 Å². The molecule has 514 valence electrons. The van der Waals surface area contributed by atoms with Gasteiger partial charge in [0.1, 0.15) is 46.0 Å². The molecule has 10 aromatic rings. The summed E-state index contributed by atoms with van der Waals surface area (Å²) < 4.78 is 104. The lowest BCUT2D eigenvalue weighted by atomic mass is 9.72. The number of ether oxygens (including phenoxy) is 4. The number of fused-ring (bicyclic) bond motifs is 2. The Morgan fingerprint density at radius 1 is 0.306 bits per heavy atom. The van der Waals surface area contributed by atoms with Crippen molar-refractivity contribution in [1.29, 1.82) is 0 Å². The van der Waals surface area contributed by atoms with Crippen molar-refractivity contribution in [2.75, 3.05) is 6.54 Å². The second-order valence-corrected chi connectivity index (χ2v) is 34.9. The van der Waals surface area contributed by atoms with Gasteiger partial charge < -0.3 is 18.9 Å². The number of imide groups is 1. The van der Waals surface area contributed by atoms with Crippen molar-refractivity contribution >= 4 is 54.9 Å². The average Bonchev–Trinajstić information content (AvgIpc) is 0.682. The normalized spacial score (nSPS) is 13.8. The second-order valence-electron chi connectivity index (χ2n) is 34.9. The van der Waals surface area contributed by atoms with E-state index in [4.69, 9.17) is 18.9 Å². The van der Waals surface area contributed by atoms with E-state index in [0.29, 0.717) is 66.8 Å². The van der Waals surface area contributed by atoms with Crippen LogP contribution in [0.4, 0.5) is 22.0 Å². The van der Waals surface area contributed by atoms with Crippen LogP contribution < -0.4 is 18.9 Å². The summed E-state index contributed by atoms with van der Waals surface area (Å²) in [7, 11) is 0. The first-order valence-corrected chi connectivity index (χ1v) is 34.2. The zero-order valence-corrected chi connectivity index (χ0v) is 60.7. The summed E-state index contributed by atoms with van der Waals surface area (Å²) in [4.78, 5) is 32.3. The third-order valence-corrected chi connectivity index (χ3v) is 19.1. The Hall–Kier alpha value is -8.51. The van der Waals surface area contributed by atoms with E-state index >= 15 is 18.4 Å². The largest absolute Gasteiger partial charge is 0.457 e. The first kappa shape index (κ1) is 70.8. The van der Waals surface area contributed by atoms with E-state index in [2.05, 4.69) is 163 Å². The minimum Gasteiger partial charge on any atom is -0.457 e. The predicted octanol–water partition coefficient (Wildman–Crippen LogP) is 25.3. The van der Waals surface area contributed by atoms with E-state index in [0.717, 1.165) is 58.2 Å². The Labute approximate surface area is 575 Å². The van der Waals surface area contributed by atoms with Gasteiger partial charge in [-0.25, -0.2) is 22.0 Å². The van der Waals surface area contributed by atoms with Crippen LogP contribution in [0.2, 0.25) is 0 Å². The van der Waals surface area contributed by atoms with Gasteiger partial charge in [0.05, 0.1) is 11.1 Å². The Morgan fingerprint density at radius 2 is 0.571 bits per heavy atom. The number of carbonyl (C=O) groups is 2. The molecule has 0 N–H and O–H groups in total. The van der Waals surface area contributed by atoms with Gasteiger partial charge in [0.2, 0.25) is 5.82 Å². The smallest absolute Gasteiger partial charge is 0.261 e. The van der Waals surface area contributed by atoms with Crippen LogP contribution in [0.3, 0.4) is 0 Å². The van der Waals surface area contributed by atoms with E-state index in [-0.39, 0.29) is 71.3 Å². The number of hydrogen-bond donors (Lipinski definition) is 0. The number of benzene rings is 10. The zero-order chi connectivity index (χ0) is 71.5. The van der Waals surface area contributed by atoms with Crippen LogP contribution in [0.5, 0.6) is 46.0 Å². The molecule has 0 spiro atoms. The van der Waals surface area contributed by atoms with E-state index in [1.165, 1.54) is 0 Å². The van der Waals surface area contributed by atoms with Crippen molar-refractivity contribution in [1.82, 2.24) is 4.90 Å². The van der Waals surface area contributed by atoms with Crippen molar-refractivity contribution in [2.45, 2.75) is 192 Å². The molecule has 0 aromatic heterocycles. The van der Waals surface area contributed by atoms with Crippen LogP contribution in [-0.4, -0.2) is 23.3 Å². The van der Waals surface area contributed by atoms with Crippen LogP contribution in [0, 0.1) is 50.7 Å². The summed E-state index contributed by atoms with van der Waals surface area (Å²) in [5.74, 6) is -9.46. The highest BCUT2D eigenvalue weighted by molar-refractivity contribution is 6.42. The van der Waals surface area contributed by atoms with Crippen molar-refractivity contribution in [3.63, 3.8) is 0 Å². The van der Waals surface area contributed by atoms with Crippen molar-refractivity contribution in [3.8, 4) is 46.0 Å². The van der Waals surface area contributed by atoms with Crippen molar-refractivity contribution in [3.05, 3.63) is 201 Å². The predicted molar refractivity (Wildman–Crippen MR) is 387 cm³/mol. The summed E-state index contributed by atoms with van der Waals surface area (Å²) in [6.45, 7) is 43.7. The minimum absolute atomic E-state index is 0.00946. The highest BCUT2D eigenvalue weighted by atomic mass is 19.2. The summed E-state index contributed by atoms with van der Waals surface area (Å²) in [6.07, 6.45) is 2.70. The van der Waals surface area contributed by atoms with Crippen LogP contribution in [0.1, 0.15) is 213 Å². The molecule has 0 radical (unpaired) electrons. The molecular formula is C86H94F5NO6. The maximum Gasteiger partial charge on any atom is 0.261 e. The van der Waals surface area contributed by atoms with Crippen LogP contribution >= 0.6 is 0 Å². The molecule has 0 unspecified atom stereocenters. The van der Waals surface area contributed by atoms with Gasteiger partial charge in [-0.05, 0) is 176 Å². The first-order chi connectivity index (χ1) is 45.4. The standard InChI is InChI=1S/C86H94F5NO6/c1-79(2,3)45-83(13,14)50-23-31-54(32-24-50)95-61-39-21-49-22-40-62(96-55-33-25-51(26-34-55)84(15,16)46-80(4,5)6)68-65(49)67(61)69-63(97-56-35-27-52(28-36-56)85(17,18)47-81(7,8)9)43-59-66-60(78(94)92(77(59)93)42-41-58-72(87)74(89)76(91)75(90)73(58)88)44-64(70(68)71(66)69)98-57-37-29-53(30-38-57)86(19,20)48-82(10,11)12/h21-40,43-44H,41-42,45-48H2,1-20H3. The summed E-state index contributed by atoms with van der Waals surface area (Å²) >= 11 is 0. The highest BCUT2D eigenvalue weighted by Gasteiger charge is 2.40. The molecule has 1 heterocycles. The average molecular weight is 1330 g/mol. The summed E-state index contributed by atoms with van der Waals surface area (Å²) in [5, 5.41) is 4.06. The Morgan fingerprint density at radius 3 is 0.857 bits per heavy atom. The van der Waals surface area contributed by atoms with Gasteiger partial charge in [0, 0.05) is 49.8 Å². The van der Waals surface area contributed by atoms with Gasteiger partial charge in [0.15, 0.2) is 23.3 Å². The maximum absolute atomic E-state index is 15.7. The van der Waals surface area contributed by atoms with Crippen LogP contribution in [-0.2, 0) is 28.1 Å². The lowest BCUT2D eigenvalue weighted by molar-refractivity contribution is 0.0610. The monoisotopic (exact) mass is 1330 g/mol. The first-order valence-electron chi connectivity index (χ1n) is 34.2. The fourth-order valence-corrected chi connectivity index (χ4v) is 16.4. The zero-order valence-electron chi connectivity index (χ0n) is 60.7. The quantitative estimate of drug-likeness (QED) is 0.0201. The molecule has 2 amide bonds. The van der Waals surface area contributed by atoms with Crippen LogP contribution in [0.15, 0.2) is 133 Å². The molecule has 0 atom stereocenters. The SMILES string of the molecule is CC(C)(C)CC(C)(C)c1ccc(Oc2ccc3ccc(Oc4ccc(C(C)(C)CC(C)(C)C)cc4)c4c5c(Oc6ccc(C(C)(C)CC(C)(C)C)cc6)cc6c7c(cc(Oc8ccc(C(C)(C)CC(C)(C)C)cc8)c(c2c34)c75)C(=O)N(CCc2c(F)c(F)c(F)c(F)c2F)C6=O)cc1. The molecule has 0 saturated carbocycles. The van der Waals surface area contributed by atoms with Crippen molar-refractivity contribution in [2.24, 2.45) is 21.7 Å². The van der Waals surface area contributed by atoms with E-state index in [9.17, 15) is 13.2 Å². The molecular weight excluding hydrogens is 1240 g/mol. The summed E-state index contributed by atoms with van der Waals surface area (Å²) in [6, 6.07) is 42.9. The Balaban J connectivity index is 1.23. The number of halogens is 5. The molecule has 7 nitrogen and oxygen atoms in total. The Bertz CT molecular complexity index is 4440. The van der Waals surface area contributed by atoms with Crippen LogP contribution in [0.25, 0.3) is 43.1 Å². The number of hydrogen-bond acceptors (Lipinski definition) is 6. The molecule has 0 saturated heterocycles. The summed E-state index contributed by atoms with van der Waals surface area (Å²) in [5.41, 5.74) is 2.47. The molecule has 11 rings (SSSR count). The molecule has 0 fully saturated rings. The lowest BCUT2D eigenvalue weighted by Gasteiger charge is -2.33. The number of amides is 2. The molecule has 12 heteroatoms. The third kappa shape index (κ3) is 14.2. The fraction of sp³-hybridized carbons (Fsp3) is 0.395. The second kappa shape index (κ2) is 25.0. The van der Waals surface area contributed by atoms with Gasteiger partial charge in [0.25, 0.3) is 11.8 Å². The van der Waals surface area contributed by atoms with Crippen molar-refractivity contribution < 1.29 is 50.5 Å². The number of rotatable bonds is 19. The van der Waals surface area contributed by atoms with E-state index < -0.39 is 59.4 Å². The lowest BCUT2D eigenvalue weighted by Crippen LogP contribution is -2.41. The molecule has 0 bridgehead atoms. The van der Waals surface area contributed by atoms with E-state index in [1.54, 1.807) is 12.1 Å². The van der Waals surface area contributed by atoms with Gasteiger partial charge in [-0.1, -0.05) is 199 Å². The third-order valence-electron chi connectivity index (χ3n) is 19.1. The maximum atomic E-state index is 15.7. The van der Waals surface area contributed by atoms with Gasteiger partial charge >= 0.3 is 0 Å². The molecule has 1 aliphatic rings. The number of carbonyl (C=O) groups excluding carboxylic acids is 2. The molecule has 1 aliphatic heterocycles. The van der Waals surface area contributed by atoms with Gasteiger partial charge in [-0.2, -0.15) is 0 Å². The highest BCUT2D eigenvalue weighted by Crippen LogP contribution is 2.57. The molecule has 0 aliphatic carbocycles. The van der Waals surface area contributed by atoms with Gasteiger partial charge in [-0.15, -0.1) is 0 Å². The fourth-order valence-electron chi connectivity index (χ4n) is 16.4. The van der Waals surface area contributed by atoms with Gasteiger partial charge in [-0.3, -0.25) is 14.5 Å². The molecule has 10 aromatic carbocycles. The minimum atomic E-state index is -2.32. The number of nitrogens with zero attached hydrogens (tertiary/aromatic N) is 1.